The first kappa shape index (κ1) is 26.0. The second-order valence-electron chi connectivity index (χ2n) is 8.01. The molecule has 9 nitrogen and oxygen atoms in total. The molecule has 2 heterocycles. The number of halogens is 1. The molecule has 11 heteroatoms. The van der Waals surface area contributed by atoms with Crippen molar-refractivity contribution < 1.29 is 17.9 Å². The number of nitrogens with one attached hydrogen (secondary N) is 1. The highest BCUT2D eigenvalue weighted by atomic mass is 35.5. The Hall–Kier alpha value is -2.66. The number of carbonyl (C=O) groups excluding carboxylic acids is 1. The average Bonchev–Trinajstić information content (AvgIpc) is 2.90. The summed E-state index contributed by atoms with van der Waals surface area (Å²) < 4.78 is 30.3. The average molecular weight is 508 g/mol. The topological polar surface area (TPSA) is 98.8 Å². The first-order valence-corrected chi connectivity index (χ1v) is 13.0. The van der Waals surface area contributed by atoms with E-state index in [4.69, 9.17) is 16.3 Å². The lowest BCUT2D eigenvalue weighted by molar-refractivity contribution is -0.136. The van der Waals surface area contributed by atoms with Crippen molar-refractivity contribution in [1.82, 2.24) is 19.8 Å². The Kier molecular flexibility index (Phi) is 8.90. The quantitative estimate of drug-likeness (QED) is 0.618. The summed E-state index contributed by atoms with van der Waals surface area (Å²) in [6.45, 7) is 3.21. The van der Waals surface area contributed by atoms with Crippen molar-refractivity contribution >= 4 is 33.2 Å². The number of benzene rings is 1. The van der Waals surface area contributed by atoms with Gasteiger partial charge in [0.1, 0.15) is 6.61 Å². The standard InChI is InChI=1S/C23H30ClN5O4S/c1-27(34(3,31)32)20-5-4-10-25-23(18-6-8-19(24)9-7-18)21(26-15-20)16-28-11-13-29(14-12-28)22(30)17-33-2/h4-10,15,26H,11-14,16-17H2,1-3H3. The van der Waals surface area contributed by atoms with Crippen LogP contribution in [0, 0.1) is 0 Å². The molecule has 0 aliphatic carbocycles. The zero-order valence-electron chi connectivity index (χ0n) is 19.6. The lowest BCUT2D eigenvalue weighted by Crippen LogP contribution is -2.49. The summed E-state index contributed by atoms with van der Waals surface area (Å²) in [5, 5.41) is 0.625. The monoisotopic (exact) mass is 507 g/mol. The molecule has 34 heavy (non-hydrogen) atoms. The number of hydrogen-bond acceptors (Lipinski definition) is 6. The maximum absolute atomic E-state index is 12.1. The molecule has 1 aromatic heterocycles. The molecule has 1 aromatic carbocycles. The number of rotatable bonds is 7. The van der Waals surface area contributed by atoms with E-state index >= 15 is 0 Å². The van der Waals surface area contributed by atoms with Gasteiger partial charge >= 0.3 is 0 Å². The number of ether oxygens (including phenoxy) is 1. The van der Waals surface area contributed by atoms with Gasteiger partial charge in [0.15, 0.2) is 0 Å². The maximum Gasteiger partial charge on any atom is 0.248 e. The molecular formula is C23H30ClN5O4S. The lowest BCUT2D eigenvalue weighted by atomic mass is 10.1. The lowest BCUT2D eigenvalue weighted by Gasteiger charge is -2.34. The van der Waals surface area contributed by atoms with Gasteiger partial charge in [0.25, 0.3) is 0 Å². The number of aromatic nitrogens is 2. The molecule has 0 saturated carbocycles. The highest BCUT2D eigenvalue weighted by Crippen LogP contribution is 2.23. The number of amides is 1. The van der Waals surface area contributed by atoms with Crippen LogP contribution in [-0.2, 0) is 26.1 Å². The number of anilines is 1. The highest BCUT2D eigenvalue weighted by Gasteiger charge is 2.22. The minimum Gasteiger partial charge on any atom is -0.375 e. The summed E-state index contributed by atoms with van der Waals surface area (Å²) >= 11 is 6.08. The molecular weight excluding hydrogens is 478 g/mol. The van der Waals surface area contributed by atoms with Crippen LogP contribution < -0.4 is 4.31 Å². The highest BCUT2D eigenvalue weighted by molar-refractivity contribution is 7.92. The van der Waals surface area contributed by atoms with Crippen LogP contribution in [0.3, 0.4) is 0 Å². The van der Waals surface area contributed by atoms with Crippen LogP contribution in [0.1, 0.15) is 5.69 Å². The number of sulfonamides is 1. The Morgan fingerprint density at radius 2 is 1.85 bits per heavy atom. The van der Waals surface area contributed by atoms with Gasteiger partial charge in [-0.1, -0.05) is 23.7 Å². The molecule has 0 atom stereocenters. The second-order valence-corrected chi connectivity index (χ2v) is 10.5. The van der Waals surface area contributed by atoms with E-state index in [1.807, 2.05) is 12.1 Å². The van der Waals surface area contributed by atoms with Gasteiger partial charge in [-0.05, 0) is 24.3 Å². The first-order valence-electron chi connectivity index (χ1n) is 10.8. The van der Waals surface area contributed by atoms with Gasteiger partial charge in [0.05, 0.1) is 23.3 Å². The smallest absolute Gasteiger partial charge is 0.248 e. The molecule has 1 amide bonds. The van der Waals surface area contributed by atoms with Crippen molar-refractivity contribution in [1.29, 1.82) is 0 Å². The summed E-state index contributed by atoms with van der Waals surface area (Å²) in [5.74, 6) is -0.0177. The van der Waals surface area contributed by atoms with Crippen LogP contribution in [0.15, 0.2) is 48.8 Å². The van der Waals surface area contributed by atoms with Gasteiger partial charge in [0.2, 0.25) is 15.9 Å². The Bertz CT molecular complexity index is 1140. The number of H-pyrrole nitrogens is 1. The number of piperazine rings is 1. The molecule has 0 unspecified atom stereocenters. The van der Waals surface area contributed by atoms with Crippen molar-refractivity contribution in [3.63, 3.8) is 0 Å². The van der Waals surface area contributed by atoms with Gasteiger partial charge in [0, 0.05) is 69.9 Å². The molecule has 1 saturated heterocycles. The van der Waals surface area contributed by atoms with E-state index in [1.165, 1.54) is 18.5 Å². The molecule has 1 aliphatic heterocycles. The fourth-order valence-corrected chi connectivity index (χ4v) is 4.20. The van der Waals surface area contributed by atoms with Crippen molar-refractivity contribution in [3.8, 4) is 11.3 Å². The van der Waals surface area contributed by atoms with Gasteiger partial charge in [-0.3, -0.25) is 19.0 Å². The fourth-order valence-electron chi connectivity index (χ4n) is 3.57. The van der Waals surface area contributed by atoms with E-state index in [-0.39, 0.29) is 12.5 Å². The molecule has 2 aromatic rings. The van der Waals surface area contributed by atoms with Crippen LogP contribution >= 0.6 is 11.6 Å². The summed E-state index contributed by atoms with van der Waals surface area (Å²) in [4.78, 5) is 24.1. The Balaban J connectivity index is 1.97. The van der Waals surface area contributed by atoms with Crippen molar-refractivity contribution in [2.24, 2.45) is 0 Å². The van der Waals surface area contributed by atoms with E-state index in [0.29, 0.717) is 43.4 Å². The molecule has 1 fully saturated rings. The van der Waals surface area contributed by atoms with Crippen LogP contribution in [0.2, 0.25) is 5.02 Å². The third-order valence-electron chi connectivity index (χ3n) is 5.59. The van der Waals surface area contributed by atoms with Crippen LogP contribution in [0.5, 0.6) is 0 Å². The van der Waals surface area contributed by atoms with Gasteiger partial charge in [-0.2, -0.15) is 0 Å². The number of methoxy groups -OCH3 is 1. The van der Waals surface area contributed by atoms with Gasteiger partial charge in [-0.25, -0.2) is 8.42 Å². The van der Waals surface area contributed by atoms with Crippen LogP contribution in [-0.4, -0.2) is 87.3 Å². The first-order chi connectivity index (χ1) is 16.2. The van der Waals surface area contributed by atoms with Crippen molar-refractivity contribution in [3.05, 3.63) is 59.5 Å². The zero-order chi connectivity index (χ0) is 24.7. The van der Waals surface area contributed by atoms with Gasteiger partial charge in [-0.15, -0.1) is 0 Å². The number of nitrogens with zero attached hydrogens (tertiary/aromatic N) is 4. The van der Waals surface area contributed by atoms with E-state index in [2.05, 4.69) is 14.9 Å². The van der Waals surface area contributed by atoms with Gasteiger partial charge < -0.3 is 14.6 Å². The molecule has 3 rings (SSSR count). The number of hydrogen-bond donors (Lipinski definition) is 1. The molecule has 0 spiro atoms. The summed E-state index contributed by atoms with van der Waals surface area (Å²) in [5.41, 5.74) is 2.87. The normalized spacial score (nSPS) is 14.5. The molecule has 0 bridgehead atoms. The minimum atomic E-state index is -3.44. The predicted molar refractivity (Wildman–Crippen MR) is 134 cm³/mol. The number of aromatic amines is 1. The SMILES string of the molecule is COCC(=O)N1CCN(Cc2[nH]cc(N(C)S(C)(=O)=O)cccnc2-c2ccc(Cl)cc2)CC1. The third kappa shape index (κ3) is 6.92. The Morgan fingerprint density at radius 1 is 1.18 bits per heavy atom. The Labute approximate surface area is 205 Å². The summed E-state index contributed by atoms with van der Waals surface area (Å²) in [6.07, 6.45) is 4.46. The predicted octanol–water partition coefficient (Wildman–Crippen LogP) is 2.54. The van der Waals surface area contributed by atoms with Crippen LogP contribution in [0.25, 0.3) is 11.3 Å². The molecule has 0 radical (unpaired) electrons. The molecule has 1 N–H and O–H groups in total. The van der Waals surface area contributed by atoms with E-state index in [9.17, 15) is 13.2 Å². The summed E-state index contributed by atoms with van der Waals surface area (Å²) in [7, 11) is -0.420. The van der Waals surface area contributed by atoms with E-state index in [0.717, 1.165) is 23.2 Å². The third-order valence-corrected chi connectivity index (χ3v) is 7.05. The second kappa shape index (κ2) is 11.7. The molecule has 184 valence electrons. The Morgan fingerprint density at radius 3 is 2.47 bits per heavy atom. The van der Waals surface area contributed by atoms with E-state index < -0.39 is 10.0 Å². The van der Waals surface area contributed by atoms with Crippen LogP contribution in [0.4, 0.5) is 5.69 Å². The van der Waals surface area contributed by atoms with E-state index in [1.54, 1.807) is 41.6 Å². The zero-order valence-corrected chi connectivity index (χ0v) is 21.1. The van der Waals surface area contributed by atoms with Crippen molar-refractivity contribution in [2.45, 2.75) is 6.54 Å². The minimum absolute atomic E-state index is 0.0177. The molecule has 1 aliphatic rings. The van der Waals surface area contributed by atoms with Crippen molar-refractivity contribution in [2.75, 3.05) is 57.5 Å². The largest absolute Gasteiger partial charge is 0.375 e. The fraction of sp³-hybridized carbons (Fsp3) is 0.391. The number of carbonyl (C=O) groups is 1. The maximum atomic E-state index is 12.1. The summed E-state index contributed by atoms with van der Waals surface area (Å²) in [6, 6.07) is 10.8.